The SMILES string of the molecule is CCCCCCCCCCCCCCCC(C)C(CCCCCCCCC)(C(=O)O)C(C)C. The topological polar surface area (TPSA) is 37.3 Å². The van der Waals surface area contributed by atoms with Gasteiger partial charge in [0.15, 0.2) is 0 Å². The standard InChI is InChI=1S/C31H62O2/c1-6-8-10-12-14-15-16-17-18-19-20-22-24-26-29(5)31(28(3)4,30(32)33)27-25-23-21-13-11-9-7-2/h28-29H,6-27H2,1-5H3,(H,32,33). The smallest absolute Gasteiger partial charge is 0.310 e. The summed E-state index contributed by atoms with van der Waals surface area (Å²) in [5.74, 6) is -0.0828. The van der Waals surface area contributed by atoms with Crippen molar-refractivity contribution in [3.05, 3.63) is 0 Å². The third kappa shape index (κ3) is 15.2. The molecule has 0 saturated carbocycles. The Labute approximate surface area is 209 Å². The second kappa shape index (κ2) is 22.0. The van der Waals surface area contributed by atoms with Crippen molar-refractivity contribution in [1.82, 2.24) is 0 Å². The van der Waals surface area contributed by atoms with Gasteiger partial charge in [-0.25, -0.2) is 0 Å². The lowest BCUT2D eigenvalue weighted by Gasteiger charge is -2.39. The molecule has 0 spiro atoms. The van der Waals surface area contributed by atoms with Crippen LogP contribution in [0.2, 0.25) is 0 Å². The molecular weight excluding hydrogens is 404 g/mol. The Morgan fingerprint density at radius 3 is 1.24 bits per heavy atom. The van der Waals surface area contributed by atoms with Crippen LogP contribution in [0.25, 0.3) is 0 Å². The average molecular weight is 467 g/mol. The van der Waals surface area contributed by atoms with Crippen molar-refractivity contribution in [1.29, 1.82) is 0 Å². The number of carboxylic acids is 1. The van der Waals surface area contributed by atoms with Gasteiger partial charge in [-0.2, -0.15) is 0 Å². The van der Waals surface area contributed by atoms with Gasteiger partial charge < -0.3 is 5.11 Å². The van der Waals surface area contributed by atoms with E-state index in [2.05, 4.69) is 34.6 Å². The monoisotopic (exact) mass is 466 g/mol. The third-order valence-electron chi connectivity index (χ3n) is 8.24. The molecule has 198 valence electrons. The van der Waals surface area contributed by atoms with Crippen molar-refractivity contribution in [2.75, 3.05) is 0 Å². The molecule has 0 aromatic rings. The first kappa shape index (κ1) is 32.5. The first-order valence-electron chi connectivity index (χ1n) is 15.2. The summed E-state index contributed by atoms with van der Waals surface area (Å²) < 4.78 is 0. The van der Waals surface area contributed by atoms with E-state index >= 15 is 0 Å². The molecule has 33 heavy (non-hydrogen) atoms. The summed E-state index contributed by atoms with van der Waals surface area (Å²) in [6.45, 7) is 11.0. The van der Waals surface area contributed by atoms with Crippen LogP contribution in [0.5, 0.6) is 0 Å². The molecule has 2 nitrogen and oxygen atoms in total. The largest absolute Gasteiger partial charge is 0.481 e. The van der Waals surface area contributed by atoms with Crippen LogP contribution in [0.4, 0.5) is 0 Å². The lowest BCUT2D eigenvalue weighted by atomic mass is 9.64. The van der Waals surface area contributed by atoms with Crippen molar-refractivity contribution >= 4 is 5.97 Å². The lowest BCUT2D eigenvalue weighted by molar-refractivity contribution is -0.157. The summed E-state index contributed by atoms with van der Waals surface area (Å²) in [5, 5.41) is 10.2. The molecule has 0 heterocycles. The highest BCUT2D eigenvalue weighted by Gasteiger charge is 2.45. The summed E-state index contributed by atoms with van der Waals surface area (Å²) in [6.07, 6.45) is 28.5. The Bertz CT molecular complexity index is 431. The lowest BCUT2D eigenvalue weighted by Crippen LogP contribution is -2.42. The second-order valence-electron chi connectivity index (χ2n) is 11.3. The highest BCUT2D eigenvalue weighted by molar-refractivity contribution is 5.75. The molecule has 0 aromatic heterocycles. The molecule has 0 saturated heterocycles. The second-order valence-corrected chi connectivity index (χ2v) is 11.3. The molecule has 2 heteroatoms. The van der Waals surface area contributed by atoms with Crippen molar-refractivity contribution in [3.63, 3.8) is 0 Å². The van der Waals surface area contributed by atoms with Gasteiger partial charge in [-0.1, -0.05) is 163 Å². The van der Waals surface area contributed by atoms with Crippen LogP contribution in [0.1, 0.15) is 176 Å². The van der Waals surface area contributed by atoms with Gasteiger partial charge >= 0.3 is 5.97 Å². The van der Waals surface area contributed by atoms with Gasteiger partial charge in [-0.3, -0.25) is 4.79 Å². The first-order chi connectivity index (χ1) is 15.9. The van der Waals surface area contributed by atoms with E-state index in [1.165, 1.54) is 122 Å². The molecule has 0 aliphatic carbocycles. The highest BCUT2D eigenvalue weighted by atomic mass is 16.4. The van der Waals surface area contributed by atoms with E-state index in [4.69, 9.17) is 0 Å². The summed E-state index contributed by atoms with van der Waals surface area (Å²) in [7, 11) is 0. The van der Waals surface area contributed by atoms with Crippen LogP contribution in [-0.4, -0.2) is 11.1 Å². The molecule has 0 fully saturated rings. The van der Waals surface area contributed by atoms with Crippen LogP contribution >= 0.6 is 0 Å². The molecular formula is C31H62O2. The number of hydrogen-bond acceptors (Lipinski definition) is 1. The number of rotatable bonds is 25. The maximum Gasteiger partial charge on any atom is 0.310 e. The van der Waals surface area contributed by atoms with E-state index in [9.17, 15) is 9.90 Å². The molecule has 0 aliphatic rings. The van der Waals surface area contributed by atoms with Gasteiger partial charge in [0.1, 0.15) is 0 Å². The van der Waals surface area contributed by atoms with Gasteiger partial charge in [0, 0.05) is 0 Å². The Hall–Kier alpha value is -0.530. The van der Waals surface area contributed by atoms with E-state index in [1.54, 1.807) is 0 Å². The Kier molecular flexibility index (Phi) is 21.6. The van der Waals surface area contributed by atoms with Crippen molar-refractivity contribution in [3.8, 4) is 0 Å². The zero-order valence-corrected chi connectivity index (χ0v) is 23.6. The van der Waals surface area contributed by atoms with Crippen LogP contribution in [0.15, 0.2) is 0 Å². The van der Waals surface area contributed by atoms with E-state index in [-0.39, 0.29) is 11.8 Å². The summed E-state index contributed by atoms with van der Waals surface area (Å²) >= 11 is 0. The maximum atomic E-state index is 12.4. The quantitative estimate of drug-likeness (QED) is 0.136. The van der Waals surface area contributed by atoms with Gasteiger partial charge in [-0.05, 0) is 24.7 Å². The van der Waals surface area contributed by atoms with Crippen molar-refractivity contribution in [2.24, 2.45) is 17.3 Å². The molecule has 0 rings (SSSR count). The zero-order valence-electron chi connectivity index (χ0n) is 23.6. The fraction of sp³-hybridized carbons (Fsp3) is 0.968. The number of aliphatic carboxylic acids is 1. The van der Waals surface area contributed by atoms with Crippen molar-refractivity contribution < 1.29 is 9.90 Å². The molecule has 2 unspecified atom stereocenters. The molecule has 1 N–H and O–H groups in total. The summed E-state index contributed by atoms with van der Waals surface area (Å²) in [5.41, 5.74) is -0.541. The minimum atomic E-state index is -0.550. The normalized spacial score (nSPS) is 14.5. The predicted molar refractivity (Wildman–Crippen MR) is 147 cm³/mol. The van der Waals surface area contributed by atoms with Gasteiger partial charge in [0.2, 0.25) is 0 Å². The fourth-order valence-electron chi connectivity index (χ4n) is 5.77. The van der Waals surface area contributed by atoms with Gasteiger partial charge in [0.05, 0.1) is 5.41 Å². The number of carboxylic acid groups (broad SMARTS) is 1. The zero-order chi connectivity index (χ0) is 24.8. The van der Waals surface area contributed by atoms with E-state index in [0.717, 1.165) is 19.3 Å². The molecule has 0 bridgehead atoms. The van der Waals surface area contributed by atoms with Crippen LogP contribution < -0.4 is 0 Å². The molecule has 2 atom stereocenters. The molecule has 0 aliphatic heterocycles. The van der Waals surface area contributed by atoms with E-state index in [0.29, 0.717) is 0 Å². The van der Waals surface area contributed by atoms with Gasteiger partial charge in [-0.15, -0.1) is 0 Å². The molecule has 0 amide bonds. The Balaban J connectivity index is 4.07. The molecule has 0 radical (unpaired) electrons. The number of unbranched alkanes of at least 4 members (excludes halogenated alkanes) is 18. The summed E-state index contributed by atoms with van der Waals surface area (Å²) in [6, 6.07) is 0. The van der Waals surface area contributed by atoms with Crippen LogP contribution in [0, 0.1) is 17.3 Å². The first-order valence-corrected chi connectivity index (χ1v) is 15.2. The van der Waals surface area contributed by atoms with Crippen LogP contribution in [0.3, 0.4) is 0 Å². The maximum absolute atomic E-state index is 12.4. The number of hydrogen-bond donors (Lipinski definition) is 1. The van der Waals surface area contributed by atoms with Crippen molar-refractivity contribution in [2.45, 2.75) is 176 Å². The molecule has 0 aromatic carbocycles. The minimum Gasteiger partial charge on any atom is -0.481 e. The van der Waals surface area contributed by atoms with Gasteiger partial charge in [0.25, 0.3) is 0 Å². The van der Waals surface area contributed by atoms with E-state index in [1.807, 2.05) is 0 Å². The third-order valence-corrected chi connectivity index (χ3v) is 8.24. The minimum absolute atomic E-state index is 0.201. The average Bonchev–Trinajstić information content (AvgIpc) is 2.78. The fourth-order valence-corrected chi connectivity index (χ4v) is 5.77. The highest BCUT2D eigenvalue weighted by Crippen LogP contribution is 2.43. The number of carbonyl (C=O) groups is 1. The summed E-state index contributed by atoms with van der Waals surface area (Å²) in [4.78, 5) is 12.4. The Morgan fingerprint density at radius 1 is 0.576 bits per heavy atom. The Morgan fingerprint density at radius 2 is 0.909 bits per heavy atom. The predicted octanol–water partition coefficient (Wildman–Crippen LogP) is 11.0. The van der Waals surface area contributed by atoms with E-state index < -0.39 is 11.4 Å². The van der Waals surface area contributed by atoms with Crippen LogP contribution in [-0.2, 0) is 4.79 Å².